The van der Waals surface area contributed by atoms with Gasteiger partial charge in [-0.3, -0.25) is 0 Å². The Balaban J connectivity index is 2.32. The van der Waals surface area contributed by atoms with Gasteiger partial charge in [0.05, 0.1) is 15.5 Å². The molecule has 0 unspecified atom stereocenters. The molecule has 6 heteroatoms. The summed E-state index contributed by atoms with van der Waals surface area (Å²) in [7, 11) is -4.14. The molecule has 0 spiro atoms. The van der Waals surface area contributed by atoms with Crippen molar-refractivity contribution in [2.24, 2.45) is 0 Å². The second-order valence-electron chi connectivity index (χ2n) is 5.64. The number of nitrogens with zero attached hydrogens (tertiary/aromatic N) is 1. The van der Waals surface area contributed by atoms with Crippen LogP contribution in [0.2, 0.25) is 0 Å². The molecule has 0 N–H and O–H groups in total. The van der Waals surface area contributed by atoms with Crippen molar-refractivity contribution in [3.63, 3.8) is 0 Å². The molecule has 1 aromatic carbocycles. The zero-order chi connectivity index (χ0) is 15.1. The first-order valence-electron chi connectivity index (χ1n) is 6.48. The summed E-state index contributed by atoms with van der Waals surface area (Å²) in [6.45, 7) is 6.90. The Morgan fingerprint density at radius 2 is 2.00 bits per heavy atom. The quantitative estimate of drug-likeness (QED) is 0.613. The maximum atomic E-state index is 10.7. The molecule has 110 valence electrons. The van der Waals surface area contributed by atoms with E-state index < -0.39 is 10.1 Å². The van der Waals surface area contributed by atoms with E-state index in [0.29, 0.717) is 13.0 Å². The molecule has 1 aromatic rings. The molecule has 0 amide bonds. The highest BCUT2D eigenvalue weighted by molar-refractivity contribution is 9.10. The minimum atomic E-state index is -4.14. The summed E-state index contributed by atoms with van der Waals surface area (Å²) in [5, 5.41) is 0. The van der Waals surface area contributed by atoms with Crippen LogP contribution in [0.5, 0.6) is 0 Å². The van der Waals surface area contributed by atoms with E-state index >= 15 is 0 Å². The molecule has 0 atom stereocenters. The molecule has 0 aliphatic carbocycles. The van der Waals surface area contributed by atoms with Crippen molar-refractivity contribution in [1.82, 2.24) is 0 Å². The van der Waals surface area contributed by atoms with Gasteiger partial charge in [0.15, 0.2) is 5.71 Å². The molecule has 4 nitrogen and oxygen atoms in total. The van der Waals surface area contributed by atoms with Crippen LogP contribution in [0.1, 0.15) is 32.8 Å². The zero-order valence-corrected chi connectivity index (χ0v) is 14.2. The lowest BCUT2D eigenvalue weighted by Gasteiger charge is -2.14. The Bertz CT molecular complexity index is 678. The van der Waals surface area contributed by atoms with Crippen LogP contribution in [0.4, 0.5) is 5.69 Å². The van der Waals surface area contributed by atoms with Crippen molar-refractivity contribution in [2.75, 3.05) is 12.3 Å². The molecule has 0 fully saturated rings. The fourth-order valence-corrected chi connectivity index (χ4v) is 3.49. The van der Waals surface area contributed by atoms with Crippen LogP contribution < -0.4 is 0 Å². The van der Waals surface area contributed by atoms with Gasteiger partial charge in [0, 0.05) is 35.2 Å². The molecule has 0 radical (unpaired) electrons. The van der Waals surface area contributed by atoms with Crippen LogP contribution in [0, 0.1) is 0 Å². The van der Waals surface area contributed by atoms with Gasteiger partial charge in [-0.25, -0.2) is 8.42 Å². The van der Waals surface area contributed by atoms with E-state index in [-0.39, 0.29) is 11.2 Å². The van der Waals surface area contributed by atoms with Crippen molar-refractivity contribution >= 4 is 37.4 Å². The van der Waals surface area contributed by atoms with Crippen LogP contribution >= 0.6 is 15.9 Å². The maximum absolute atomic E-state index is 10.7. The SMILES string of the molecule is CC1=[N+](CCCS(=O)(=O)[O-])c2ccc(Br)cc2C1(C)C. The maximum Gasteiger partial charge on any atom is 0.209 e. The first kappa shape index (κ1) is 15.7. The van der Waals surface area contributed by atoms with Gasteiger partial charge in [-0.15, -0.1) is 0 Å². The minimum Gasteiger partial charge on any atom is -0.748 e. The number of fused-ring (bicyclic) bond motifs is 1. The van der Waals surface area contributed by atoms with Crippen LogP contribution in [-0.4, -0.2) is 35.6 Å². The predicted molar refractivity (Wildman–Crippen MR) is 81.8 cm³/mol. The number of hydrogen-bond acceptors (Lipinski definition) is 3. The summed E-state index contributed by atoms with van der Waals surface area (Å²) >= 11 is 3.49. The molecule has 1 aliphatic heterocycles. The largest absolute Gasteiger partial charge is 0.748 e. The van der Waals surface area contributed by atoms with Crippen LogP contribution in [0.25, 0.3) is 0 Å². The normalized spacial score (nSPS) is 17.4. The lowest BCUT2D eigenvalue weighted by atomic mass is 9.82. The second kappa shape index (κ2) is 5.24. The fourth-order valence-electron chi connectivity index (χ4n) is 2.64. The zero-order valence-electron chi connectivity index (χ0n) is 11.8. The number of halogens is 1. The molecule has 0 saturated carbocycles. The minimum absolute atomic E-state index is 0.0878. The Labute approximate surface area is 128 Å². The highest BCUT2D eigenvalue weighted by atomic mass is 79.9. The van der Waals surface area contributed by atoms with E-state index in [1.165, 1.54) is 11.3 Å². The van der Waals surface area contributed by atoms with Crippen molar-refractivity contribution in [2.45, 2.75) is 32.6 Å². The molecule has 1 heterocycles. The molecule has 0 aromatic heterocycles. The van der Waals surface area contributed by atoms with Crippen LogP contribution in [0.15, 0.2) is 22.7 Å². The lowest BCUT2D eigenvalue weighted by molar-refractivity contribution is -0.438. The number of benzene rings is 1. The lowest BCUT2D eigenvalue weighted by Crippen LogP contribution is -2.27. The second-order valence-corrected chi connectivity index (χ2v) is 8.08. The van der Waals surface area contributed by atoms with E-state index in [9.17, 15) is 13.0 Å². The monoisotopic (exact) mass is 359 g/mol. The van der Waals surface area contributed by atoms with E-state index in [4.69, 9.17) is 0 Å². The van der Waals surface area contributed by atoms with Gasteiger partial charge in [0.2, 0.25) is 5.69 Å². The third-order valence-electron chi connectivity index (χ3n) is 4.01. The molecule has 0 saturated heterocycles. The number of rotatable bonds is 4. The molecular weight excluding hydrogens is 342 g/mol. The Hall–Kier alpha value is -0.720. The third kappa shape index (κ3) is 2.97. The van der Waals surface area contributed by atoms with Gasteiger partial charge in [-0.1, -0.05) is 15.9 Å². The van der Waals surface area contributed by atoms with Gasteiger partial charge in [0.1, 0.15) is 6.54 Å². The fraction of sp³-hybridized carbons (Fsp3) is 0.500. The van der Waals surface area contributed by atoms with Crippen molar-refractivity contribution < 1.29 is 17.5 Å². The third-order valence-corrected chi connectivity index (χ3v) is 5.29. The van der Waals surface area contributed by atoms with E-state index in [0.717, 1.165) is 10.2 Å². The highest BCUT2D eigenvalue weighted by Gasteiger charge is 2.42. The van der Waals surface area contributed by atoms with E-state index in [1.807, 2.05) is 12.1 Å². The smallest absolute Gasteiger partial charge is 0.209 e. The Morgan fingerprint density at radius 3 is 2.60 bits per heavy atom. The van der Waals surface area contributed by atoms with Gasteiger partial charge in [-0.2, -0.15) is 4.58 Å². The summed E-state index contributed by atoms with van der Waals surface area (Å²) in [4.78, 5) is 0. The summed E-state index contributed by atoms with van der Waals surface area (Å²) in [6.07, 6.45) is 0.342. The molecule has 1 aliphatic rings. The van der Waals surface area contributed by atoms with Crippen molar-refractivity contribution in [3.05, 3.63) is 28.2 Å². The summed E-state index contributed by atoms with van der Waals surface area (Å²) in [5.41, 5.74) is 3.40. The number of hydrogen-bond donors (Lipinski definition) is 0. The summed E-state index contributed by atoms with van der Waals surface area (Å²) in [5.74, 6) is -0.316. The topological polar surface area (TPSA) is 60.2 Å². The first-order chi connectivity index (χ1) is 9.13. The van der Waals surface area contributed by atoms with Gasteiger partial charge < -0.3 is 4.55 Å². The van der Waals surface area contributed by atoms with Crippen molar-refractivity contribution in [1.29, 1.82) is 0 Å². The molecular formula is C14H18BrNO3S. The summed E-state index contributed by atoms with van der Waals surface area (Å²) < 4.78 is 35.3. The Kier molecular flexibility index (Phi) is 4.10. The van der Waals surface area contributed by atoms with Crippen LogP contribution in [-0.2, 0) is 15.5 Å². The van der Waals surface area contributed by atoms with Gasteiger partial charge in [0.25, 0.3) is 0 Å². The van der Waals surface area contributed by atoms with Gasteiger partial charge >= 0.3 is 0 Å². The standard InChI is InChI=1S/C14H18BrNO3S/c1-10-14(2,3)12-9-11(15)5-6-13(12)16(10)7-4-8-20(17,18)19/h5-6,9H,4,7-8H2,1-3H3. The first-order valence-corrected chi connectivity index (χ1v) is 8.85. The summed E-state index contributed by atoms with van der Waals surface area (Å²) in [6, 6.07) is 6.11. The molecule has 0 bridgehead atoms. The predicted octanol–water partition coefficient (Wildman–Crippen LogP) is 2.78. The average Bonchev–Trinajstić information content (AvgIpc) is 2.49. The Morgan fingerprint density at radius 1 is 1.35 bits per heavy atom. The van der Waals surface area contributed by atoms with Crippen LogP contribution in [0.3, 0.4) is 0 Å². The molecule has 20 heavy (non-hydrogen) atoms. The highest BCUT2D eigenvalue weighted by Crippen LogP contribution is 2.40. The van der Waals surface area contributed by atoms with Gasteiger partial charge in [-0.05, 0) is 26.0 Å². The van der Waals surface area contributed by atoms with E-state index in [2.05, 4.69) is 47.3 Å². The average molecular weight is 360 g/mol. The van der Waals surface area contributed by atoms with E-state index in [1.54, 1.807) is 0 Å². The molecule has 2 rings (SSSR count). The van der Waals surface area contributed by atoms with Crippen molar-refractivity contribution in [3.8, 4) is 0 Å².